The highest BCUT2D eigenvalue weighted by atomic mass is 19.1. The van der Waals surface area contributed by atoms with Crippen LogP contribution < -0.4 is 10.2 Å². The lowest BCUT2D eigenvalue weighted by molar-refractivity contribution is 0.430. The third-order valence-corrected chi connectivity index (χ3v) is 3.73. The van der Waals surface area contributed by atoms with Crippen LogP contribution in [0.5, 0.6) is 0 Å². The van der Waals surface area contributed by atoms with Crippen molar-refractivity contribution >= 4 is 5.69 Å². The fraction of sp³-hybridized carbons (Fsp3) is 0.533. The van der Waals surface area contributed by atoms with E-state index in [4.69, 9.17) is 0 Å². The SMILES string of the molecule is CCNC(C)(C#N)CCN1CCc2ccc(F)cc21. The maximum atomic E-state index is 13.3. The van der Waals surface area contributed by atoms with Gasteiger partial charge in [0, 0.05) is 18.8 Å². The summed E-state index contributed by atoms with van der Waals surface area (Å²) < 4.78 is 13.3. The van der Waals surface area contributed by atoms with Crippen molar-refractivity contribution in [3.63, 3.8) is 0 Å². The van der Waals surface area contributed by atoms with Gasteiger partial charge in [0.05, 0.1) is 6.07 Å². The number of hydrogen-bond acceptors (Lipinski definition) is 3. The van der Waals surface area contributed by atoms with E-state index in [-0.39, 0.29) is 5.82 Å². The molecule has 4 heteroatoms. The summed E-state index contributed by atoms with van der Waals surface area (Å²) in [6, 6.07) is 7.30. The molecule has 1 N–H and O–H groups in total. The normalized spacial score (nSPS) is 16.8. The third-order valence-electron chi connectivity index (χ3n) is 3.73. The summed E-state index contributed by atoms with van der Waals surface area (Å²) in [4.78, 5) is 2.17. The molecule has 1 atom stereocenters. The first kappa shape index (κ1) is 13.8. The van der Waals surface area contributed by atoms with Gasteiger partial charge in [-0.2, -0.15) is 5.26 Å². The van der Waals surface area contributed by atoms with E-state index in [9.17, 15) is 9.65 Å². The number of rotatable bonds is 5. The Morgan fingerprint density at radius 3 is 3.00 bits per heavy atom. The maximum absolute atomic E-state index is 13.3. The molecule has 2 rings (SSSR count). The minimum absolute atomic E-state index is 0.194. The van der Waals surface area contributed by atoms with Crippen molar-refractivity contribution in [2.24, 2.45) is 0 Å². The Morgan fingerprint density at radius 2 is 2.32 bits per heavy atom. The van der Waals surface area contributed by atoms with E-state index in [0.717, 1.165) is 38.2 Å². The second-order valence-electron chi connectivity index (χ2n) is 5.23. The zero-order valence-electron chi connectivity index (χ0n) is 11.5. The molecule has 1 aliphatic heterocycles. The topological polar surface area (TPSA) is 39.1 Å². The van der Waals surface area contributed by atoms with Gasteiger partial charge in [-0.05, 0) is 44.0 Å². The smallest absolute Gasteiger partial charge is 0.125 e. The Kier molecular flexibility index (Phi) is 4.06. The maximum Gasteiger partial charge on any atom is 0.125 e. The molecular weight excluding hydrogens is 241 g/mol. The zero-order chi connectivity index (χ0) is 13.9. The molecule has 1 aromatic rings. The average Bonchev–Trinajstić information content (AvgIpc) is 2.79. The van der Waals surface area contributed by atoms with Gasteiger partial charge in [0.15, 0.2) is 0 Å². The van der Waals surface area contributed by atoms with Gasteiger partial charge >= 0.3 is 0 Å². The molecule has 3 nitrogen and oxygen atoms in total. The van der Waals surface area contributed by atoms with Crippen LogP contribution in [0.4, 0.5) is 10.1 Å². The number of fused-ring (bicyclic) bond motifs is 1. The minimum Gasteiger partial charge on any atom is -0.371 e. The monoisotopic (exact) mass is 261 g/mol. The fourth-order valence-electron chi connectivity index (χ4n) is 2.58. The molecule has 1 heterocycles. The lowest BCUT2D eigenvalue weighted by Gasteiger charge is -2.27. The Labute approximate surface area is 114 Å². The van der Waals surface area contributed by atoms with E-state index in [1.165, 1.54) is 11.6 Å². The van der Waals surface area contributed by atoms with Crippen molar-refractivity contribution in [1.82, 2.24) is 5.32 Å². The van der Waals surface area contributed by atoms with Crippen molar-refractivity contribution in [1.29, 1.82) is 5.26 Å². The van der Waals surface area contributed by atoms with Crippen molar-refractivity contribution in [2.75, 3.05) is 24.5 Å². The summed E-state index contributed by atoms with van der Waals surface area (Å²) in [6.07, 6.45) is 1.69. The van der Waals surface area contributed by atoms with Gasteiger partial charge < -0.3 is 4.90 Å². The lowest BCUT2D eigenvalue weighted by atomic mass is 9.99. The average molecular weight is 261 g/mol. The summed E-state index contributed by atoms with van der Waals surface area (Å²) in [6.45, 7) is 6.37. The number of hydrogen-bond donors (Lipinski definition) is 1. The van der Waals surface area contributed by atoms with Gasteiger partial charge in [-0.1, -0.05) is 13.0 Å². The fourth-order valence-corrected chi connectivity index (χ4v) is 2.58. The van der Waals surface area contributed by atoms with Crippen LogP contribution in [0.25, 0.3) is 0 Å². The van der Waals surface area contributed by atoms with Gasteiger partial charge in [0.25, 0.3) is 0 Å². The van der Waals surface area contributed by atoms with Crippen LogP contribution in [0, 0.1) is 17.1 Å². The van der Waals surface area contributed by atoms with E-state index in [1.807, 2.05) is 19.9 Å². The summed E-state index contributed by atoms with van der Waals surface area (Å²) in [5.74, 6) is -0.194. The first-order chi connectivity index (χ1) is 9.08. The number of nitrogens with zero attached hydrogens (tertiary/aromatic N) is 2. The van der Waals surface area contributed by atoms with Crippen LogP contribution in [0.1, 0.15) is 25.8 Å². The standard InChI is InChI=1S/C15H20FN3/c1-3-18-15(2,11-17)7-9-19-8-6-12-4-5-13(16)10-14(12)19/h4-5,10,18H,3,6-9H2,1-2H3. The Hall–Kier alpha value is -1.60. The molecule has 0 saturated heterocycles. The molecule has 0 bridgehead atoms. The van der Waals surface area contributed by atoms with E-state index >= 15 is 0 Å². The number of halogens is 1. The molecule has 1 aliphatic rings. The molecular formula is C15H20FN3. The van der Waals surface area contributed by atoms with Crippen LogP contribution in [0.3, 0.4) is 0 Å². The predicted molar refractivity (Wildman–Crippen MR) is 74.6 cm³/mol. The summed E-state index contributed by atoms with van der Waals surface area (Å²) in [5.41, 5.74) is 1.67. The molecule has 0 amide bonds. The number of benzene rings is 1. The van der Waals surface area contributed by atoms with Gasteiger partial charge in [-0.15, -0.1) is 0 Å². The van der Waals surface area contributed by atoms with Crippen LogP contribution in [-0.2, 0) is 6.42 Å². The lowest BCUT2D eigenvalue weighted by Crippen LogP contribution is -2.43. The summed E-state index contributed by atoms with van der Waals surface area (Å²) in [5, 5.41) is 12.4. The van der Waals surface area contributed by atoms with Crippen molar-refractivity contribution in [2.45, 2.75) is 32.2 Å². The second kappa shape index (κ2) is 5.58. The minimum atomic E-state index is -0.509. The number of anilines is 1. The van der Waals surface area contributed by atoms with E-state index in [2.05, 4.69) is 16.3 Å². The Morgan fingerprint density at radius 1 is 1.53 bits per heavy atom. The zero-order valence-corrected chi connectivity index (χ0v) is 11.5. The van der Waals surface area contributed by atoms with Gasteiger partial charge in [0.1, 0.15) is 11.4 Å². The molecule has 1 aromatic carbocycles. The Balaban J connectivity index is 2.03. The molecule has 0 aromatic heterocycles. The summed E-state index contributed by atoms with van der Waals surface area (Å²) >= 11 is 0. The molecule has 1 unspecified atom stereocenters. The van der Waals surface area contributed by atoms with Crippen molar-refractivity contribution < 1.29 is 4.39 Å². The highest BCUT2D eigenvalue weighted by Gasteiger charge is 2.26. The van der Waals surface area contributed by atoms with Gasteiger partial charge in [-0.3, -0.25) is 5.32 Å². The van der Waals surface area contributed by atoms with Gasteiger partial charge in [0.2, 0.25) is 0 Å². The Bertz CT molecular complexity index is 495. The highest BCUT2D eigenvalue weighted by Crippen LogP contribution is 2.29. The van der Waals surface area contributed by atoms with Crippen LogP contribution in [-0.4, -0.2) is 25.2 Å². The van der Waals surface area contributed by atoms with Crippen LogP contribution in [0.2, 0.25) is 0 Å². The highest BCUT2D eigenvalue weighted by molar-refractivity contribution is 5.58. The first-order valence-electron chi connectivity index (χ1n) is 6.77. The molecule has 0 fully saturated rings. The molecule has 19 heavy (non-hydrogen) atoms. The van der Waals surface area contributed by atoms with E-state index in [1.54, 1.807) is 6.07 Å². The molecule has 0 spiro atoms. The predicted octanol–water partition coefficient (Wildman–Crippen LogP) is 2.47. The van der Waals surface area contributed by atoms with E-state index in [0.29, 0.717) is 0 Å². The first-order valence-corrected chi connectivity index (χ1v) is 6.77. The van der Waals surface area contributed by atoms with Crippen molar-refractivity contribution in [3.8, 4) is 6.07 Å². The van der Waals surface area contributed by atoms with Crippen LogP contribution in [0.15, 0.2) is 18.2 Å². The number of nitriles is 1. The number of nitrogens with one attached hydrogen (secondary N) is 1. The molecule has 0 saturated carbocycles. The van der Waals surface area contributed by atoms with Gasteiger partial charge in [-0.25, -0.2) is 4.39 Å². The quantitative estimate of drug-likeness (QED) is 0.885. The molecule has 0 aliphatic carbocycles. The van der Waals surface area contributed by atoms with E-state index < -0.39 is 5.54 Å². The molecule has 0 radical (unpaired) electrons. The largest absolute Gasteiger partial charge is 0.371 e. The van der Waals surface area contributed by atoms with Crippen LogP contribution >= 0.6 is 0 Å². The third kappa shape index (κ3) is 3.05. The van der Waals surface area contributed by atoms with Crippen molar-refractivity contribution in [3.05, 3.63) is 29.6 Å². The second-order valence-corrected chi connectivity index (χ2v) is 5.23. The molecule has 102 valence electrons. The summed E-state index contributed by atoms with van der Waals surface area (Å²) in [7, 11) is 0.